The maximum Gasteiger partial charge on any atom is 0.319 e. The third-order valence-corrected chi connectivity index (χ3v) is 4.77. The summed E-state index contributed by atoms with van der Waals surface area (Å²) in [6.07, 6.45) is 2.48. The van der Waals surface area contributed by atoms with Gasteiger partial charge < -0.3 is 5.11 Å². The predicted molar refractivity (Wildman–Crippen MR) is 71.2 cm³/mol. The molecule has 0 fully saturated rings. The number of hydrogen-bond acceptors (Lipinski definition) is 5. The number of halogens is 2. The summed E-state index contributed by atoms with van der Waals surface area (Å²) in [5.41, 5.74) is 0.664. The fraction of sp³-hybridized carbons (Fsp3) is 0.364. The molecule has 0 unspecified atom stereocenters. The van der Waals surface area contributed by atoms with Gasteiger partial charge in [0, 0.05) is 17.3 Å². The molecule has 0 saturated carbocycles. The number of alkyl halides is 2. The first-order chi connectivity index (χ1) is 9.47. The van der Waals surface area contributed by atoms with E-state index in [2.05, 4.69) is 9.97 Å². The second kappa shape index (κ2) is 6.31. The number of aliphatic carboxylic acids is 1. The summed E-state index contributed by atoms with van der Waals surface area (Å²) < 4.78 is 26.7. The summed E-state index contributed by atoms with van der Waals surface area (Å²) in [4.78, 5) is 19.5. The minimum Gasteiger partial charge on any atom is -0.481 e. The van der Waals surface area contributed by atoms with Crippen molar-refractivity contribution in [2.45, 2.75) is 30.0 Å². The van der Waals surface area contributed by atoms with Crippen LogP contribution in [0.5, 0.6) is 0 Å². The Balaban J connectivity index is 2.04. The van der Waals surface area contributed by atoms with Gasteiger partial charge in [-0.3, -0.25) is 9.36 Å². The highest BCUT2D eigenvalue weighted by Gasteiger charge is 2.14. The lowest BCUT2D eigenvalue weighted by molar-refractivity contribution is -0.136. The largest absolute Gasteiger partial charge is 0.481 e. The Morgan fingerprint density at radius 3 is 3.00 bits per heavy atom. The standard InChI is InChI=1S/C11H11F2N3O2S2/c1-6-7(4-9(17)18)20-11(15-6)19-5-8-14-2-3-16(8)10(12)13/h2-3,10H,4-5H2,1H3,(H,17,18). The van der Waals surface area contributed by atoms with Crippen LogP contribution in [0.15, 0.2) is 16.7 Å². The van der Waals surface area contributed by atoms with Gasteiger partial charge in [-0.05, 0) is 6.92 Å². The van der Waals surface area contributed by atoms with Crippen molar-refractivity contribution in [3.63, 3.8) is 0 Å². The average Bonchev–Trinajstić information content (AvgIpc) is 2.93. The van der Waals surface area contributed by atoms with E-state index in [0.29, 0.717) is 14.9 Å². The fourth-order valence-corrected chi connectivity index (χ4v) is 3.70. The summed E-state index contributed by atoms with van der Waals surface area (Å²) in [5.74, 6) is -0.393. The highest BCUT2D eigenvalue weighted by Crippen LogP contribution is 2.30. The normalized spacial score (nSPS) is 11.2. The first-order valence-electron chi connectivity index (χ1n) is 5.58. The summed E-state index contributed by atoms with van der Waals surface area (Å²) >= 11 is 2.54. The van der Waals surface area contributed by atoms with Gasteiger partial charge in [0.15, 0.2) is 4.34 Å². The molecule has 0 atom stereocenters. The zero-order valence-electron chi connectivity index (χ0n) is 10.4. The van der Waals surface area contributed by atoms with Crippen LogP contribution in [0.1, 0.15) is 22.9 Å². The molecule has 5 nitrogen and oxygen atoms in total. The van der Waals surface area contributed by atoms with E-state index in [-0.39, 0.29) is 18.0 Å². The zero-order valence-corrected chi connectivity index (χ0v) is 12.0. The average molecular weight is 319 g/mol. The van der Waals surface area contributed by atoms with Gasteiger partial charge in [0.1, 0.15) is 5.82 Å². The maximum absolute atomic E-state index is 12.6. The van der Waals surface area contributed by atoms with E-state index in [1.54, 1.807) is 6.92 Å². The number of aryl methyl sites for hydroxylation is 1. The van der Waals surface area contributed by atoms with Gasteiger partial charge in [0.25, 0.3) is 0 Å². The lowest BCUT2D eigenvalue weighted by atomic mass is 10.3. The number of thiazole rings is 1. The number of aromatic nitrogens is 3. The van der Waals surface area contributed by atoms with Gasteiger partial charge in [-0.1, -0.05) is 11.8 Å². The Kier molecular flexibility index (Phi) is 4.71. The molecule has 0 saturated heterocycles. The molecule has 9 heteroatoms. The third kappa shape index (κ3) is 3.54. The van der Waals surface area contributed by atoms with Gasteiger partial charge in [0.2, 0.25) is 0 Å². The molecule has 0 amide bonds. The molecular weight excluding hydrogens is 308 g/mol. The van der Waals surface area contributed by atoms with Crippen molar-refractivity contribution in [3.05, 3.63) is 28.8 Å². The van der Waals surface area contributed by atoms with Crippen LogP contribution in [0.2, 0.25) is 0 Å². The second-order valence-corrected chi connectivity index (χ2v) is 6.18. The molecule has 2 aromatic rings. The van der Waals surface area contributed by atoms with Crippen molar-refractivity contribution in [3.8, 4) is 0 Å². The van der Waals surface area contributed by atoms with Crippen LogP contribution in [-0.2, 0) is 17.0 Å². The van der Waals surface area contributed by atoms with E-state index in [0.717, 1.165) is 4.57 Å². The highest BCUT2D eigenvalue weighted by molar-refractivity contribution is 8.00. The molecule has 0 aliphatic rings. The van der Waals surface area contributed by atoms with Crippen LogP contribution in [-0.4, -0.2) is 25.6 Å². The quantitative estimate of drug-likeness (QED) is 0.829. The summed E-state index contributed by atoms with van der Waals surface area (Å²) in [6.45, 7) is -0.882. The molecule has 0 aliphatic carbocycles. The molecule has 20 heavy (non-hydrogen) atoms. The number of imidazole rings is 1. The summed E-state index contributed by atoms with van der Waals surface area (Å²) in [7, 11) is 0. The predicted octanol–water partition coefficient (Wildman–Crippen LogP) is 2.96. The van der Waals surface area contributed by atoms with Crippen molar-refractivity contribution in [2.24, 2.45) is 0 Å². The summed E-state index contributed by atoms with van der Waals surface area (Å²) in [5, 5.41) is 8.75. The van der Waals surface area contributed by atoms with E-state index in [9.17, 15) is 13.6 Å². The SMILES string of the molecule is Cc1nc(SCc2nccn2C(F)F)sc1CC(=O)O. The number of hydrogen-bond donors (Lipinski definition) is 1. The molecule has 108 valence electrons. The first-order valence-corrected chi connectivity index (χ1v) is 7.38. The molecule has 0 aliphatic heterocycles. The van der Waals surface area contributed by atoms with Crippen LogP contribution in [0.25, 0.3) is 0 Å². The van der Waals surface area contributed by atoms with Crippen LogP contribution in [0.4, 0.5) is 8.78 Å². The first kappa shape index (κ1) is 14.9. The van der Waals surface area contributed by atoms with Gasteiger partial charge in [-0.2, -0.15) is 8.78 Å². The lowest BCUT2D eigenvalue weighted by Gasteiger charge is -2.04. The number of rotatable bonds is 6. The van der Waals surface area contributed by atoms with Gasteiger partial charge in [0.05, 0.1) is 17.9 Å². The van der Waals surface area contributed by atoms with E-state index >= 15 is 0 Å². The lowest BCUT2D eigenvalue weighted by Crippen LogP contribution is -2.01. The highest BCUT2D eigenvalue weighted by atomic mass is 32.2. The number of carbonyl (C=O) groups is 1. The maximum atomic E-state index is 12.6. The smallest absolute Gasteiger partial charge is 0.319 e. The Hall–Kier alpha value is -1.48. The van der Waals surface area contributed by atoms with Gasteiger partial charge in [-0.25, -0.2) is 9.97 Å². The monoisotopic (exact) mass is 319 g/mol. The second-order valence-electron chi connectivity index (χ2n) is 3.88. The number of thioether (sulfide) groups is 1. The molecule has 0 spiro atoms. The van der Waals surface area contributed by atoms with Crippen LogP contribution in [0.3, 0.4) is 0 Å². The van der Waals surface area contributed by atoms with E-state index in [1.807, 2.05) is 0 Å². The van der Waals surface area contributed by atoms with Crippen molar-refractivity contribution < 1.29 is 18.7 Å². The van der Waals surface area contributed by atoms with Crippen molar-refractivity contribution >= 4 is 29.1 Å². The summed E-state index contributed by atoms with van der Waals surface area (Å²) in [6, 6.07) is 0. The minimum absolute atomic E-state index is 0.0737. The Morgan fingerprint density at radius 1 is 1.60 bits per heavy atom. The van der Waals surface area contributed by atoms with Gasteiger partial charge in [-0.15, -0.1) is 11.3 Å². The third-order valence-electron chi connectivity index (χ3n) is 2.47. The topological polar surface area (TPSA) is 68.0 Å². The molecular formula is C11H11F2N3O2S2. The number of carboxylic acids is 1. The van der Waals surface area contributed by atoms with Crippen LogP contribution < -0.4 is 0 Å². The molecule has 0 radical (unpaired) electrons. The molecule has 2 aromatic heterocycles. The van der Waals surface area contributed by atoms with Crippen LogP contribution >= 0.6 is 23.1 Å². The Labute approximate surface area is 121 Å². The van der Waals surface area contributed by atoms with E-state index < -0.39 is 12.5 Å². The Bertz CT molecular complexity index is 613. The number of nitrogens with zero attached hydrogens (tertiary/aromatic N) is 3. The molecule has 2 rings (SSSR count). The fourth-order valence-electron chi connectivity index (χ4n) is 1.52. The van der Waals surface area contributed by atoms with Crippen LogP contribution in [0, 0.1) is 6.92 Å². The molecule has 2 heterocycles. The van der Waals surface area contributed by atoms with E-state index in [1.165, 1.54) is 35.5 Å². The zero-order chi connectivity index (χ0) is 14.7. The van der Waals surface area contributed by atoms with E-state index in [4.69, 9.17) is 5.11 Å². The molecule has 0 aromatic carbocycles. The van der Waals surface area contributed by atoms with Gasteiger partial charge >= 0.3 is 12.5 Å². The minimum atomic E-state index is -2.62. The van der Waals surface area contributed by atoms with Crippen molar-refractivity contribution in [1.82, 2.24) is 14.5 Å². The van der Waals surface area contributed by atoms with Crippen molar-refractivity contribution in [1.29, 1.82) is 0 Å². The molecule has 1 N–H and O–H groups in total. The number of carboxylic acid groups (broad SMARTS) is 1. The Morgan fingerprint density at radius 2 is 2.35 bits per heavy atom. The molecule has 0 bridgehead atoms. The van der Waals surface area contributed by atoms with Crippen molar-refractivity contribution in [2.75, 3.05) is 0 Å².